The first-order valence-corrected chi connectivity index (χ1v) is 5.21. The Hall–Kier alpha value is -1.60. The van der Waals surface area contributed by atoms with Crippen LogP contribution in [0, 0.1) is 18.3 Å². The van der Waals surface area contributed by atoms with E-state index in [1.54, 1.807) is 12.3 Å². The van der Waals surface area contributed by atoms with Crippen molar-refractivity contribution in [2.45, 2.75) is 6.92 Å². The van der Waals surface area contributed by atoms with Crippen molar-refractivity contribution >= 4 is 15.9 Å². The molecule has 3 nitrogen and oxygen atoms in total. The third kappa shape index (κ3) is 1.92. The first-order valence-electron chi connectivity index (χ1n) is 4.42. The summed E-state index contributed by atoms with van der Waals surface area (Å²) in [5, 5.41) is 9.00. The molecule has 0 aliphatic heterocycles. The van der Waals surface area contributed by atoms with Gasteiger partial charge in [0.2, 0.25) is 0 Å². The van der Waals surface area contributed by atoms with Crippen molar-refractivity contribution in [2.75, 3.05) is 0 Å². The Labute approximate surface area is 95.9 Å². The lowest BCUT2D eigenvalue weighted by Gasteiger charge is -2.00. The molecule has 1 N–H and O–H groups in total. The van der Waals surface area contributed by atoms with E-state index < -0.39 is 0 Å². The van der Waals surface area contributed by atoms with Gasteiger partial charge in [0.1, 0.15) is 5.82 Å². The van der Waals surface area contributed by atoms with Gasteiger partial charge in [-0.1, -0.05) is 15.9 Å². The van der Waals surface area contributed by atoms with Crippen LogP contribution in [0.4, 0.5) is 0 Å². The zero-order valence-electron chi connectivity index (χ0n) is 8.08. The zero-order valence-corrected chi connectivity index (χ0v) is 9.67. The molecule has 0 saturated heterocycles. The topological polar surface area (TPSA) is 52.5 Å². The van der Waals surface area contributed by atoms with Crippen LogP contribution in [0.15, 0.2) is 28.9 Å². The van der Waals surface area contributed by atoms with Gasteiger partial charge in [0.25, 0.3) is 0 Å². The minimum atomic E-state index is 0.610. The Bertz CT molecular complexity index is 537. The van der Waals surface area contributed by atoms with Crippen LogP contribution in [-0.4, -0.2) is 9.97 Å². The van der Waals surface area contributed by atoms with Gasteiger partial charge in [-0.3, -0.25) is 0 Å². The molecule has 74 valence electrons. The normalized spacial score (nSPS) is 9.93. The summed E-state index contributed by atoms with van der Waals surface area (Å²) in [5.74, 6) is 0.733. The average Bonchev–Trinajstić information content (AvgIpc) is 2.64. The molecule has 4 heteroatoms. The lowest BCUT2D eigenvalue weighted by Crippen LogP contribution is -1.86. The maximum absolute atomic E-state index is 9.00. The fraction of sp³-hybridized carbons (Fsp3) is 0.0909. The number of halogens is 1. The smallest absolute Gasteiger partial charge is 0.138 e. The van der Waals surface area contributed by atoms with Crippen LogP contribution >= 0.6 is 15.9 Å². The highest BCUT2D eigenvalue weighted by Crippen LogP contribution is 2.23. The molecule has 0 bridgehead atoms. The molecule has 0 aliphatic carbocycles. The number of nitriles is 1. The summed E-state index contributed by atoms with van der Waals surface area (Å²) in [6.45, 7) is 1.93. The number of rotatable bonds is 1. The summed E-state index contributed by atoms with van der Waals surface area (Å²) in [6, 6.07) is 7.71. The maximum atomic E-state index is 9.00. The molecule has 0 fully saturated rings. The van der Waals surface area contributed by atoms with E-state index in [-0.39, 0.29) is 0 Å². The van der Waals surface area contributed by atoms with Crippen molar-refractivity contribution in [1.82, 2.24) is 9.97 Å². The Balaban J connectivity index is 2.58. The summed E-state index contributed by atoms with van der Waals surface area (Å²) in [5.41, 5.74) is 2.42. The molecule has 0 atom stereocenters. The van der Waals surface area contributed by atoms with Gasteiger partial charge in [-0.15, -0.1) is 0 Å². The predicted octanol–water partition coefficient (Wildman–Crippen LogP) is 3.02. The minimum Gasteiger partial charge on any atom is -0.342 e. The van der Waals surface area contributed by atoms with Crippen LogP contribution in [0.5, 0.6) is 0 Å². The van der Waals surface area contributed by atoms with Crippen LogP contribution in [0.3, 0.4) is 0 Å². The molecule has 0 amide bonds. The monoisotopic (exact) mass is 261 g/mol. The third-order valence-corrected chi connectivity index (χ3v) is 2.55. The number of aromatic nitrogens is 2. The van der Waals surface area contributed by atoms with Gasteiger partial charge in [-0.25, -0.2) is 4.98 Å². The zero-order chi connectivity index (χ0) is 10.8. The maximum Gasteiger partial charge on any atom is 0.138 e. The largest absolute Gasteiger partial charge is 0.342 e. The van der Waals surface area contributed by atoms with Crippen molar-refractivity contribution in [3.8, 4) is 17.5 Å². The van der Waals surface area contributed by atoms with Crippen LogP contribution < -0.4 is 0 Å². The predicted molar refractivity (Wildman–Crippen MR) is 61.2 cm³/mol. The summed E-state index contributed by atoms with van der Waals surface area (Å²) in [4.78, 5) is 7.31. The lowest BCUT2D eigenvalue weighted by atomic mass is 10.1. The summed E-state index contributed by atoms with van der Waals surface area (Å²) in [6.07, 6.45) is 1.75. The van der Waals surface area contributed by atoms with E-state index in [9.17, 15) is 0 Å². The molecule has 0 radical (unpaired) electrons. The van der Waals surface area contributed by atoms with E-state index in [1.807, 2.05) is 19.1 Å². The third-order valence-electron chi connectivity index (χ3n) is 2.06. The first kappa shape index (κ1) is 9.94. The fourth-order valence-corrected chi connectivity index (χ4v) is 1.73. The van der Waals surface area contributed by atoms with E-state index in [0.29, 0.717) is 5.56 Å². The number of nitrogens with one attached hydrogen (secondary N) is 1. The Morgan fingerprint density at radius 1 is 1.47 bits per heavy atom. The fourth-order valence-electron chi connectivity index (χ4n) is 1.37. The van der Waals surface area contributed by atoms with Crippen molar-refractivity contribution in [2.24, 2.45) is 0 Å². The number of aromatic amines is 1. The molecule has 2 aromatic rings. The van der Waals surface area contributed by atoms with Crippen LogP contribution in [-0.2, 0) is 0 Å². The van der Waals surface area contributed by atoms with E-state index >= 15 is 0 Å². The highest BCUT2D eigenvalue weighted by molar-refractivity contribution is 9.10. The van der Waals surface area contributed by atoms with Gasteiger partial charge in [-0.05, 0) is 25.1 Å². The second-order valence-electron chi connectivity index (χ2n) is 3.22. The number of hydrogen-bond donors (Lipinski definition) is 1. The highest BCUT2D eigenvalue weighted by atomic mass is 79.9. The van der Waals surface area contributed by atoms with Gasteiger partial charge in [0, 0.05) is 21.9 Å². The Kier molecular flexibility index (Phi) is 2.57. The molecule has 0 spiro atoms. The lowest BCUT2D eigenvalue weighted by molar-refractivity contribution is 1.25. The molecule has 0 unspecified atom stereocenters. The van der Waals surface area contributed by atoms with E-state index in [4.69, 9.17) is 5.26 Å². The molecular formula is C11H8BrN3. The minimum absolute atomic E-state index is 0.610. The number of aryl methyl sites for hydroxylation is 1. The van der Waals surface area contributed by atoms with E-state index in [1.165, 1.54) is 0 Å². The second-order valence-corrected chi connectivity index (χ2v) is 4.13. The van der Waals surface area contributed by atoms with Crippen LogP contribution in [0.25, 0.3) is 11.4 Å². The summed E-state index contributed by atoms with van der Waals surface area (Å²) < 4.78 is 0.895. The van der Waals surface area contributed by atoms with Gasteiger partial charge < -0.3 is 4.98 Å². The SMILES string of the molecule is Cc1cnc(-c2ccc(Br)cc2C#N)[nH]1. The number of hydrogen-bond acceptors (Lipinski definition) is 2. The van der Waals surface area contributed by atoms with Crippen molar-refractivity contribution in [3.63, 3.8) is 0 Å². The molecular weight excluding hydrogens is 254 g/mol. The number of H-pyrrole nitrogens is 1. The molecule has 1 aromatic carbocycles. The van der Waals surface area contributed by atoms with Crippen LogP contribution in [0.1, 0.15) is 11.3 Å². The summed E-state index contributed by atoms with van der Waals surface area (Å²) >= 11 is 3.33. The number of benzene rings is 1. The highest BCUT2D eigenvalue weighted by Gasteiger charge is 2.07. The average molecular weight is 262 g/mol. The van der Waals surface area contributed by atoms with Crippen molar-refractivity contribution in [3.05, 3.63) is 40.1 Å². The Morgan fingerprint density at radius 2 is 2.27 bits per heavy atom. The van der Waals surface area contributed by atoms with Crippen LogP contribution in [0.2, 0.25) is 0 Å². The second kappa shape index (κ2) is 3.87. The number of nitrogens with zero attached hydrogens (tertiary/aromatic N) is 2. The molecule has 2 rings (SSSR count). The molecule has 1 aromatic heterocycles. The van der Waals surface area contributed by atoms with E-state index in [2.05, 4.69) is 32.0 Å². The molecule has 1 heterocycles. The van der Waals surface area contributed by atoms with Gasteiger partial charge in [-0.2, -0.15) is 5.26 Å². The van der Waals surface area contributed by atoms with Crippen molar-refractivity contribution < 1.29 is 0 Å². The summed E-state index contributed by atoms with van der Waals surface area (Å²) in [7, 11) is 0. The Morgan fingerprint density at radius 3 is 2.87 bits per heavy atom. The van der Waals surface area contributed by atoms with Gasteiger partial charge in [0.05, 0.1) is 11.6 Å². The van der Waals surface area contributed by atoms with Gasteiger partial charge >= 0.3 is 0 Å². The molecule has 0 aliphatic rings. The van der Waals surface area contributed by atoms with Gasteiger partial charge in [0.15, 0.2) is 0 Å². The van der Waals surface area contributed by atoms with Crippen molar-refractivity contribution in [1.29, 1.82) is 5.26 Å². The number of imidazole rings is 1. The molecule has 0 saturated carbocycles. The first-order chi connectivity index (χ1) is 7.20. The molecule has 15 heavy (non-hydrogen) atoms. The van der Waals surface area contributed by atoms with E-state index in [0.717, 1.165) is 21.6 Å². The standard InChI is InChI=1S/C11H8BrN3/c1-7-6-14-11(15-7)10-3-2-9(12)4-8(10)5-13/h2-4,6H,1H3,(H,14,15). The quantitative estimate of drug-likeness (QED) is 0.858.